The van der Waals surface area contributed by atoms with Crippen molar-refractivity contribution in [3.8, 4) is 0 Å². The van der Waals surface area contributed by atoms with Crippen molar-refractivity contribution in [3.63, 3.8) is 0 Å². The zero-order valence-corrected chi connectivity index (χ0v) is 17.1. The number of carbonyl (C=O) groups is 2. The molecule has 0 heterocycles. The number of hydrogen-bond donors (Lipinski definition) is 2. The summed E-state index contributed by atoms with van der Waals surface area (Å²) in [7, 11) is 3.61. The minimum Gasteiger partial charge on any atom is -0.337 e. The summed E-state index contributed by atoms with van der Waals surface area (Å²) in [4.78, 5) is 30.0. The Balaban J connectivity index is 1.82. The van der Waals surface area contributed by atoms with E-state index in [0.717, 1.165) is 51.4 Å². The highest BCUT2D eigenvalue weighted by molar-refractivity contribution is 6.07. The number of amides is 2. The highest BCUT2D eigenvalue weighted by Gasteiger charge is 2.33. The number of nitrogens with two attached hydrogens (primary N) is 2. The molecule has 2 amide bonds. The summed E-state index contributed by atoms with van der Waals surface area (Å²) < 4.78 is 0. The van der Waals surface area contributed by atoms with E-state index >= 15 is 0 Å². The van der Waals surface area contributed by atoms with E-state index in [9.17, 15) is 9.59 Å². The second-order valence-corrected chi connectivity index (χ2v) is 8.41. The van der Waals surface area contributed by atoms with Gasteiger partial charge in [-0.05, 0) is 37.8 Å². The largest absolute Gasteiger partial charge is 0.337 e. The van der Waals surface area contributed by atoms with Crippen LogP contribution in [0, 0.1) is 0 Å². The lowest BCUT2D eigenvalue weighted by atomic mass is 9.89. The summed E-state index contributed by atoms with van der Waals surface area (Å²) in [5.74, 6) is -0.264. The van der Waals surface area contributed by atoms with Crippen LogP contribution in [0.3, 0.4) is 0 Å². The predicted octanol–water partition coefficient (Wildman–Crippen LogP) is 2.37. The van der Waals surface area contributed by atoms with Gasteiger partial charge in [0, 0.05) is 38.3 Å². The first-order valence-electron chi connectivity index (χ1n) is 10.6. The summed E-state index contributed by atoms with van der Waals surface area (Å²) >= 11 is 0. The van der Waals surface area contributed by atoms with Crippen molar-refractivity contribution in [2.24, 2.45) is 11.5 Å². The van der Waals surface area contributed by atoms with Gasteiger partial charge in [-0.3, -0.25) is 9.59 Å². The fourth-order valence-electron chi connectivity index (χ4n) is 4.78. The van der Waals surface area contributed by atoms with Gasteiger partial charge in [0.15, 0.2) is 0 Å². The number of rotatable bonds is 4. The molecule has 0 bridgehead atoms. The van der Waals surface area contributed by atoms with Crippen LogP contribution in [0.5, 0.6) is 0 Å². The molecule has 4 atom stereocenters. The lowest BCUT2D eigenvalue weighted by molar-refractivity contribution is 0.0633. The van der Waals surface area contributed by atoms with Gasteiger partial charge in [0.25, 0.3) is 11.8 Å². The van der Waals surface area contributed by atoms with Gasteiger partial charge in [-0.15, -0.1) is 0 Å². The van der Waals surface area contributed by atoms with Crippen LogP contribution >= 0.6 is 0 Å². The molecular weight excluding hydrogens is 352 g/mol. The Labute approximate surface area is 168 Å². The van der Waals surface area contributed by atoms with E-state index in [4.69, 9.17) is 11.5 Å². The van der Waals surface area contributed by atoms with Crippen LogP contribution in [-0.2, 0) is 0 Å². The molecule has 1 aromatic carbocycles. The third-order valence-electron chi connectivity index (χ3n) is 6.59. The third-order valence-corrected chi connectivity index (χ3v) is 6.59. The third kappa shape index (κ3) is 4.23. The van der Waals surface area contributed by atoms with E-state index < -0.39 is 0 Å². The summed E-state index contributed by atoms with van der Waals surface area (Å²) in [6.45, 7) is 0. The van der Waals surface area contributed by atoms with Crippen LogP contribution in [-0.4, -0.2) is 59.9 Å². The SMILES string of the molecule is CN(C(=O)c1ccccc1C(=O)N(C)C1CCCCC1N)C1CCCCC1N. The van der Waals surface area contributed by atoms with Crippen LogP contribution in [0.1, 0.15) is 72.1 Å². The Bertz CT molecular complexity index is 649. The monoisotopic (exact) mass is 386 g/mol. The molecule has 0 saturated heterocycles. The van der Waals surface area contributed by atoms with E-state index in [1.54, 1.807) is 36.0 Å². The normalized spacial score (nSPS) is 27.9. The number of nitrogens with zero attached hydrogens (tertiary/aromatic N) is 2. The first kappa shape index (κ1) is 20.8. The fourth-order valence-corrected chi connectivity index (χ4v) is 4.78. The Hall–Kier alpha value is -1.92. The molecule has 0 spiro atoms. The quantitative estimate of drug-likeness (QED) is 0.831. The van der Waals surface area contributed by atoms with Crippen molar-refractivity contribution in [1.82, 2.24) is 9.80 Å². The smallest absolute Gasteiger partial charge is 0.254 e. The average Bonchev–Trinajstić information content (AvgIpc) is 2.72. The van der Waals surface area contributed by atoms with Gasteiger partial charge in [-0.1, -0.05) is 37.8 Å². The van der Waals surface area contributed by atoms with Gasteiger partial charge >= 0.3 is 0 Å². The van der Waals surface area contributed by atoms with E-state index in [1.165, 1.54) is 0 Å². The van der Waals surface area contributed by atoms with Gasteiger partial charge in [0.05, 0.1) is 11.1 Å². The van der Waals surface area contributed by atoms with Gasteiger partial charge in [-0.2, -0.15) is 0 Å². The zero-order valence-electron chi connectivity index (χ0n) is 17.1. The molecule has 2 aliphatic rings. The summed E-state index contributed by atoms with van der Waals surface area (Å²) in [5, 5.41) is 0. The predicted molar refractivity (Wildman–Crippen MR) is 111 cm³/mol. The van der Waals surface area contributed by atoms with Crippen molar-refractivity contribution in [2.45, 2.75) is 75.5 Å². The maximum atomic E-state index is 13.3. The molecule has 6 heteroatoms. The van der Waals surface area contributed by atoms with Crippen molar-refractivity contribution in [3.05, 3.63) is 35.4 Å². The first-order valence-corrected chi connectivity index (χ1v) is 10.6. The highest BCUT2D eigenvalue weighted by Crippen LogP contribution is 2.25. The lowest BCUT2D eigenvalue weighted by Gasteiger charge is -2.37. The minimum atomic E-state index is -0.132. The van der Waals surface area contributed by atoms with Gasteiger partial charge in [0.1, 0.15) is 0 Å². The first-order chi connectivity index (χ1) is 13.4. The number of hydrogen-bond acceptors (Lipinski definition) is 4. The van der Waals surface area contributed by atoms with Crippen molar-refractivity contribution in [2.75, 3.05) is 14.1 Å². The Morgan fingerprint density at radius 3 is 1.46 bits per heavy atom. The van der Waals surface area contributed by atoms with E-state index in [1.807, 2.05) is 12.1 Å². The van der Waals surface area contributed by atoms with Crippen molar-refractivity contribution < 1.29 is 9.59 Å². The molecular formula is C22H34N4O2. The minimum absolute atomic E-state index is 0.00604. The second kappa shape index (κ2) is 9.05. The van der Waals surface area contributed by atoms with E-state index in [2.05, 4.69) is 0 Å². The van der Waals surface area contributed by atoms with E-state index in [0.29, 0.717) is 11.1 Å². The fraction of sp³-hybridized carbons (Fsp3) is 0.636. The highest BCUT2D eigenvalue weighted by atomic mass is 16.2. The van der Waals surface area contributed by atoms with Gasteiger partial charge in [0.2, 0.25) is 0 Å². The molecule has 4 N–H and O–H groups in total. The summed E-state index contributed by atoms with van der Waals surface area (Å²) in [6, 6.07) is 7.14. The van der Waals surface area contributed by atoms with Crippen LogP contribution < -0.4 is 11.5 Å². The Morgan fingerprint density at radius 1 is 0.750 bits per heavy atom. The topological polar surface area (TPSA) is 92.7 Å². The standard InChI is InChI=1S/C22H34N4O2/c1-25(19-13-7-5-11-17(19)23)21(27)15-9-3-4-10-16(15)22(28)26(2)20-14-8-6-12-18(20)24/h3-4,9-10,17-20H,5-8,11-14,23-24H2,1-2H3. The van der Waals surface area contributed by atoms with Crippen LogP contribution in [0.2, 0.25) is 0 Å². The van der Waals surface area contributed by atoms with Crippen LogP contribution in [0.15, 0.2) is 24.3 Å². The molecule has 6 nitrogen and oxygen atoms in total. The molecule has 0 aromatic heterocycles. The molecule has 2 saturated carbocycles. The Kier molecular flexibility index (Phi) is 6.73. The second-order valence-electron chi connectivity index (χ2n) is 8.41. The van der Waals surface area contributed by atoms with Gasteiger partial charge in [-0.25, -0.2) is 0 Å². The number of benzene rings is 1. The molecule has 0 aliphatic heterocycles. The average molecular weight is 387 g/mol. The van der Waals surface area contributed by atoms with E-state index in [-0.39, 0.29) is 36.0 Å². The number of carbonyl (C=O) groups excluding carboxylic acids is 2. The van der Waals surface area contributed by atoms with Crippen molar-refractivity contribution in [1.29, 1.82) is 0 Å². The molecule has 1 aromatic rings. The molecule has 28 heavy (non-hydrogen) atoms. The molecule has 2 aliphatic carbocycles. The lowest BCUT2D eigenvalue weighted by Crippen LogP contribution is -2.51. The molecule has 2 fully saturated rings. The molecule has 154 valence electrons. The maximum absolute atomic E-state index is 13.3. The molecule has 0 radical (unpaired) electrons. The van der Waals surface area contributed by atoms with Gasteiger partial charge < -0.3 is 21.3 Å². The van der Waals surface area contributed by atoms with Crippen LogP contribution in [0.25, 0.3) is 0 Å². The van der Waals surface area contributed by atoms with Crippen molar-refractivity contribution >= 4 is 11.8 Å². The molecule has 3 rings (SSSR count). The summed E-state index contributed by atoms with van der Waals surface area (Å²) in [5.41, 5.74) is 13.4. The number of likely N-dealkylation sites (N-methyl/N-ethyl adjacent to an activating group) is 2. The van der Waals surface area contributed by atoms with Crippen LogP contribution in [0.4, 0.5) is 0 Å². The summed E-state index contributed by atoms with van der Waals surface area (Å²) in [6.07, 6.45) is 8.09. The Morgan fingerprint density at radius 2 is 1.11 bits per heavy atom. The zero-order chi connectivity index (χ0) is 20.3. The molecule has 4 unspecified atom stereocenters. The maximum Gasteiger partial charge on any atom is 0.254 e.